The van der Waals surface area contributed by atoms with Gasteiger partial charge in [0.05, 0.1) is 0 Å². The van der Waals surface area contributed by atoms with E-state index in [0.29, 0.717) is 5.76 Å². The lowest BCUT2D eigenvalue weighted by molar-refractivity contribution is 0.0914. The minimum atomic E-state index is -0.202. The van der Waals surface area contributed by atoms with Crippen molar-refractivity contribution in [3.63, 3.8) is 0 Å². The van der Waals surface area contributed by atoms with Crippen molar-refractivity contribution in [2.75, 3.05) is 6.61 Å². The Kier molecular flexibility index (Phi) is 3.32. The zero-order valence-electron chi connectivity index (χ0n) is 11.3. The van der Waals surface area contributed by atoms with E-state index in [0.717, 1.165) is 23.0 Å². The third-order valence-corrected chi connectivity index (χ3v) is 3.77. The van der Waals surface area contributed by atoms with Gasteiger partial charge in [0.25, 0.3) is 5.91 Å². The molecule has 0 fully saturated rings. The maximum Gasteiger partial charge on any atom is 0.287 e. The Labute approximate surface area is 117 Å². The van der Waals surface area contributed by atoms with Gasteiger partial charge >= 0.3 is 0 Å². The molecule has 2 atom stereocenters. The summed E-state index contributed by atoms with van der Waals surface area (Å²) in [5.41, 5.74) is 1.59. The standard InChI is InChI=1S/C16H17NO3/c1-10-13-4-2-3-5-14(13)20-15(10)16(19)17-12-7-6-11(8-12)9-18/h2-7,11-12,18H,8-9H2,1H3,(H,17,19)/t11-,12+/m0/s1. The number of fused-ring (bicyclic) bond motifs is 1. The van der Waals surface area contributed by atoms with Crippen molar-refractivity contribution in [2.24, 2.45) is 5.92 Å². The molecule has 4 heteroatoms. The number of para-hydroxylation sites is 1. The highest BCUT2D eigenvalue weighted by atomic mass is 16.3. The fraction of sp³-hybridized carbons (Fsp3) is 0.312. The highest BCUT2D eigenvalue weighted by Crippen LogP contribution is 2.25. The number of aliphatic hydroxyl groups excluding tert-OH is 1. The minimum Gasteiger partial charge on any atom is -0.451 e. The number of aliphatic hydroxyl groups is 1. The number of carbonyl (C=O) groups excluding carboxylic acids is 1. The van der Waals surface area contributed by atoms with Gasteiger partial charge in [-0.1, -0.05) is 30.4 Å². The predicted molar refractivity (Wildman–Crippen MR) is 76.5 cm³/mol. The van der Waals surface area contributed by atoms with Gasteiger partial charge in [0.15, 0.2) is 5.76 Å². The number of hydrogen-bond donors (Lipinski definition) is 2. The fourth-order valence-corrected chi connectivity index (χ4v) is 2.64. The van der Waals surface area contributed by atoms with Crippen LogP contribution in [0.3, 0.4) is 0 Å². The van der Waals surface area contributed by atoms with Crippen molar-refractivity contribution in [3.8, 4) is 0 Å². The van der Waals surface area contributed by atoms with E-state index in [-0.39, 0.29) is 24.5 Å². The average molecular weight is 271 g/mol. The van der Waals surface area contributed by atoms with Gasteiger partial charge in [-0.15, -0.1) is 0 Å². The van der Waals surface area contributed by atoms with Crippen LogP contribution in [0, 0.1) is 12.8 Å². The quantitative estimate of drug-likeness (QED) is 0.843. The zero-order valence-corrected chi connectivity index (χ0v) is 11.3. The summed E-state index contributed by atoms with van der Waals surface area (Å²) in [5, 5.41) is 13.0. The van der Waals surface area contributed by atoms with Crippen LogP contribution in [0.15, 0.2) is 40.8 Å². The van der Waals surface area contributed by atoms with Crippen molar-refractivity contribution >= 4 is 16.9 Å². The highest BCUT2D eigenvalue weighted by Gasteiger charge is 2.23. The van der Waals surface area contributed by atoms with E-state index >= 15 is 0 Å². The van der Waals surface area contributed by atoms with E-state index in [1.807, 2.05) is 43.3 Å². The smallest absolute Gasteiger partial charge is 0.287 e. The van der Waals surface area contributed by atoms with Crippen LogP contribution in [0.25, 0.3) is 11.0 Å². The van der Waals surface area contributed by atoms with E-state index in [9.17, 15) is 4.79 Å². The van der Waals surface area contributed by atoms with Crippen LogP contribution in [0.1, 0.15) is 22.5 Å². The van der Waals surface area contributed by atoms with Crippen LogP contribution in [0.4, 0.5) is 0 Å². The SMILES string of the molecule is Cc1c(C(=O)N[C@@H]2C=C[C@H](CO)C2)oc2ccccc12. The molecule has 1 aromatic heterocycles. The number of hydrogen-bond acceptors (Lipinski definition) is 3. The molecule has 104 valence electrons. The maximum atomic E-state index is 12.3. The van der Waals surface area contributed by atoms with Crippen LogP contribution < -0.4 is 5.32 Å². The monoisotopic (exact) mass is 271 g/mol. The molecule has 2 aromatic rings. The van der Waals surface area contributed by atoms with Crippen LogP contribution in [-0.2, 0) is 0 Å². The number of benzene rings is 1. The van der Waals surface area contributed by atoms with Gasteiger partial charge in [-0.25, -0.2) is 0 Å². The number of nitrogens with one attached hydrogen (secondary N) is 1. The van der Waals surface area contributed by atoms with E-state index < -0.39 is 0 Å². The summed E-state index contributed by atoms with van der Waals surface area (Å²) < 4.78 is 5.64. The minimum absolute atomic E-state index is 0.0349. The highest BCUT2D eigenvalue weighted by molar-refractivity contribution is 5.99. The van der Waals surface area contributed by atoms with Crippen molar-refractivity contribution in [2.45, 2.75) is 19.4 Å². The Balaban J connectivity index is 1.79. The number of rotatable bonds is 3. The van der Waals surface area contributed by atoms with Gasteiger partial charge in [-0.05, 0) is 19.4 Å². The van der Waals surface area contributed by atoms with Crippen molar-refractivity contribution in [3.05, 3.63) is 47.7 Å². The van der Waals surface area contributed by atoms with Crippen molar-refractivity contribution in [1.29, 1.82) is 0 Å². The predicted octanol–water partition coefficient (Wildman–Crippen LogP) is 2.41. The van der Waals surface area contributed by atoms with E-state index in [2.05, 4.69) is 5.32 Å². The topological polar surface area (TPSA) is 62.5 Å². The Morgan fingerprint density at radius 2 is 2.20 bits per heavy atom. The molecule has 0 saturated carbocycles. The first-order valence-corrected chi connectivity index (χ1v) is 6.77. The first-order chi connectivity index (χ1) is 9.69. The molecular weight excluding hydrogens is 254 g/mol. The second kappa shape index (κ2) is 5.13. The van der Waals surface area contributed by atoms with E-state index in [4.69, 9.17) is 9.52 Å². The number of carbonyl (C=O) groups is 1. The second-order valence-corrected chi connectivity index (χ2v) is 5.20. The van der Waals surface area contributed by atoms with Gasteiger partial charge in [-0.2, -0.15) is 0 Å². The summed E-state index contributed by atoms with van der Waals surface area (Å²) in [5.74, 6) is 0.302. The molecule has 2 N–H and O–H groups in total. The molecule has 20 heavy (non-hydrogen) atoms. The maximum absolute atomic E-state index is 12.3. The fourth-order valence-electron chi connectivity index (χ4n) is 2.64. The molecule has 0 radical (unpaired) electrons. The van der Waals surface area contributed by atoms with Crippen LogP contribution >= 0.6 is 0 Å². The Morgan fingerprint density at radius 3 is 2.90 bits per heavy atom. The first kappa shape index (κ1) is 12.9. The van der Waals surface area contributed by atoms with Gasteiger partial charge in [0.1, 0.15) is 5.58 Å². The summed E-state index contributed by atoms with van der Waals surface area (Å²) in [6, 6.07) is 7.59. The summed E-state index contributed by atoms with van der Waals surface area (Å²) in [6.45, 7) is 2.01. The molecule has 0 saturated heterocycles. The third-order valence-electron chi connectivity index (χ3n) is 3.77. The summed E-state index contributed by atoms with van der Waals surface area (Å²) in [4.78, 5) is 12.3. The van der Waals surface area contributed by atoms with Crippen LogP contribution in [0.5, 0.6) is 0 Å². The van der Waals surface area contributed by atoms with Gasteiger partial charge in [0, 0.05) is 29.5 Å². The summed E-state index contributed by atoms with van der Waals surface area (Å²) in [7, 11) is 0. The lowest BCUT2D eigenvalue weighted by atomic mass is 10.1. The largest absolute Gasteiger partial charge is 0.451 e. The number of furan rings is 1. The molecule has 0 spiro atoms. The van der Waals surface area contributed by atoms with Crippen LogP contribution in [0.2, 0.25) is 0 Å². The Bertz CT molecular complexity index is 671. The normalized spacial score (nSPS) is 21.5. The lowest BCUT2D eigenvalue weighted by Crippen LogP contribution is -2.33. The van der Waals surface area contributed by atoms with Gasteiger partial charge in [-0.3, -0.25) is 4.79 Å². The summed E-state index contributed by atoms with van der Waals surface area (Å²) in [6.07, 6.45) is 4.61. The van der Waals surface area contributed by atoms with Gasteiger partial charge in [0.2, 0.25) is 0 Å². The first-order valence-electron chi connectivity index (χ1n) is 6.77. The molecule has 1 aromatic carbocycles. The molecule has 3 rings (SSSR count). The Morgan fingerprint density at radius 1 is 1.40 bits per heavy atom. The zero-order chi connectivity index (χ0) is 14.1. The van der Waals surface area contributed by atoms with E-state index in [1.165, 1.54) is 0 Å². The molecule has 1 heterocycles. The van der Waals surface area contributed by atoms with Gasteiger partial charge < -0.3 is 14.8 Å². The second-order valence-electron chi connectivity index (χ2n) is 5.20. The van der Waals surface area contributed by atoms with Crippen molar-refractivity contribution in [1.82, 2.24) is 5.32 Å². The van der Waals surface area contributed by atoms with Crippen molar-refractivity contribution < 1.29 is 14.3 Å². The van der Waals surface area contributed by atoms with E-state index in [1.54, 1.807) is 0 Å². The molecular formula is C16H17NO3. The average Bonchev–Trinajstić information content (AvgIpc) is 3.04. The number of aryl methyl sites for hydroxylation is 1. The third kappa shape index (κ3) is 2.23. The number of amides is 1. The molecule has 1 aliphatic carbocycles. The molecule has 4 nitrogen and oxygen atoms in total. The molecule has 0 unspecified atom stereocenters. The lowest BCUT2D eigenvalue weighted by Gasteiger charge is -2.11. The molecule has 0 bridgehead atoms. The molecule has 0 aliphatic heterocycles. The molecule has 1 amide bonds. The Hall–Kier alpha value is -2.07. The van der Waals surface area contributed by atoms with Crippen LogP contribution in [-0.4, -0.2) is 23.7 Å². The summed E-state index contributed by atoms with van der Waals surface area (Å²) >= 11 is 0. The molecule has 1 aliphatic rings.